The molecule has 0 N–H and O–H groups in total. The molecule has 0 fully saturated rings. The quantitative estimate of drug-likeness (QED) is 0.331. The second kappa shape index (κ2) is 10.9. The number of benzene rings is 1. The summed E-state index contributed by atoms with van der Waals surface area (Å²) in [5, 5.41) is 0.680. The zero-order chi connectivity index (χ0) is 22.3. The third-order valence-corrected chi connectivity index (χ3v) is 4.27. The molecule has 5 heteroatoms. The highest BCUT2D eigenvalue weighted by Gasteiger charge is 2.20. The fourth-order valence-corrected chi connectivity index (χ4v) is 2.89. The molecule has 30 heavy (non-hydrogen) atoms. The first kappa shape index (κ1) is 23.6. The molecular formula is C25H34O5. The topological polar surface area (TPSA) is 57.9 Å². The van der Waals surface area contributed by atoms with E-state index in [2.05, 4.69) is 32.9 Å². The van der Waals surface area contributed by atoms with Gasteiger partial charge in [-0.05, 0) is 79.5 Å². The third kappa shape index (κ3) is 6.97. The standard InChI is InChI=1S/C25H34O5/c1-16(2)9-8-10-19(7)13-14-27-20-11-12-21-22(15-20)30-25(26)24(29-18(5)6)23(21)28-17(3)4/h9,11-13,15,17-18H,8,10,14H2,1-7H3. The lowest BCUT2D eigenvalue weighted by Crippen LogP contribution is -2.17. The monoisotopic (exact) mass is 414 g/mol. The van der Waals surface area contributed by atoms with Crippen LogP contribution in [-0.4, -0.2) is 18.8 Å². The molecule has 164 valence electrons. The van der Waals surface area contributed by atoms with Crippen LogP contribution in [0.15, 0.2) is 50.7 Å². The summed E-state index contributed by atoms with van der Waals surface area (Å²) < 4.78 is 22.9. The van der Waals surface area contributed by atoms with Crippen molar-refractivity contribution in [3.05, 3.63) is 51.9 Å². The number of rotatable bonds is 10. The van der Waals surface area contributed by atoms with Gasteiger partial charge in [0.1, 0.15) is 17.9 Å². The smallest absolute Gasteiger partial charge is 0.383 e. The van der Waals surface area contributed by atoms with E-state index in [0.29, 0.717) is 29.1 Å². The van der Waals surface area contributed by atoms with E-state index in [4.69, 9.17) is 18.6 Å². The predicted molar refractivity (Wildman–Crippen MR) is 122 cm³/mol. The van der Waals surface area contributed by atoms with Crippen LogP contribution in [0.4, 0.5) is 0 Å². The average molecular weight is 415 g/mol. The Bertz CT molecular complexity index is 959. The van der Waals surface area contributed by atoms with E-state index in [1.54, 1.807) is 6.07 Å². The molecule has 0 radical (unpaired) electrons. The van der Waals surface area contributed by atoms with E-state index in [1.807, 2.05) is 39.8 Å². The molecule has 1 heterocycles. The second-order valence-corrected chi connectivity index (χ2v) is 8.22. The number of hydrogen-bond donors (Lipinski definition) is 0. The Morgan fingerprint density at radius 2 is 1.67 bits per heavy atom. The Hall–Kier alpha value is -2.69. The van der Waals surface area contributed by atoms with Gasteiger partial charge >= 0.3 is 5.63 Å². The van der Waals surface area contributed by atoms with Crippen molar-refractivity contribution in [2.24, 2.45) is 0 Å². The normalized spacial score (nSPS) is 11.8. The fraction of sp³-hybridized carbons (Fsp3) is 0.480. The van der Waals surface area contributed by atoms with Gasteiger partial charge in [-0.15, -0.1) is 0 Å². The van der Waals surface area contributed by atoms with E-state index in [-0.39, 0.29) is 18.0 Å². The van der Waals surface area contributed by atoms with Gasteiger partial charge in [0.05, 0.1) is 17.6 Å². The van der Waals surface area contributed by atoms with E-state index in [9.17, 15) is 4.79 Å². The van der Waals surface area contributed by atoms with Crippen LogP contribution in [-0.2, 0) is 0 Å². The summed E-state index contributed by atoms with van der Waals surface area (Å²) in [6, 6.07) is 5.40. The van der Waals surface area contributed by atoms with E-state index >= 15 is 0 Å². The van der Waals surface area contributed by atoms with Gasteiger partial charge in [-0.2, -0.15) is 0 Å². The predicted octanol–water partition coefficient (Wildman–Crippen LogP) is 6.44. The maximum atomic E-state index is 12.5. The molecule has 0 unspecified atom stereocenters. The zero-order valence-corrected chi connectivity index (χ0v) is 19.2. The molecule has 5 nitrogen and oxygen atoms in total. The second-order valence-electron chi connectivity index (χ2n) is 8.22. The number of fused-ring (bicyclic) bond motifs is 1. The van der Waals surface area contributed by atoms with Crippen molar-refractivity contribution in [2.75, 3.05) is 6.61 Å². The number of ether oxygens (including phenoxy) is 3. The Kier molecular flexibility index (Phi) is 8.58. The van der Waals surface area contributed by atoms with Gasteiger partial charge in [0, 0.05) is 6.07 Å². The SMILES string of the molecule is CC(C)=CCCC(C)=CCOc1ccc2c(OC(C)C)c(OC(C)C)c(=O)oc2c1. The highest BCUT2D eigenvalue weighted by Crippen LogP contribution is 2.35. The van der Waals surface area contributed by atoms with Crippen molar-refractivity contribution in [3.8, 4) is 17.2 Å². The number of hydrogen-bond acceptors (Lipinski definition) is 5. The van der Waals surface area contributed by atoms with Crippen molar-refractivity contribution >= 4 is 11.0 Å². The van der Waals surface area contributed by atoms with Crippen molar-refractivity contribution < 1.29 is 18.6 Å². The average Bonchev–Trinajstić information content (AvgIpc) is 2.63. The summed E-state index contributed by atoms with van der Waals surface area (Å²) >= 11 is 0. The summed E-state index contributed by atoms with van der Waals surface area (Å²) in [5.74, 6) is 1.15. The minimum absolute atomic E-state index is 0.106. The van der Waals surface area contributed by atoms with E-state index in [0.717, 1.165) is 12.8 Å². The highest BCUT2D eigenvalue weighted by atomic mass is 16.5. The first-order valence-corrected chi connectivity index (χ1v) is 10.5. The molecule has 0 bridgehead atoms. The molecule has 0 aliphatic heterocycles. The lowest BCUT2D eigenvalue weighted by atomic mass is 10.1. The summed E-state index contributed by atoms with van der Waals surface area (Å²) in [6.45, 7) is 14.3. The summed E-state index contributed by atoms with van der Waals surface area (Å²) in [7, 11) is 0. The van der Waals surface area contributed by atoms with Gasteiger partial charge in [0.25, 0.3) is 0 Å². The van der Waals surface area contributed by atoms with Crippen LogP contribution in [0.1, 0.15) is 61.3 Å². The zero-order valence-electron chi connectivity index (χ0n) is 19.2. The van der Waals surface area contributed by atoms with Crippen LogP contribution in [0.5, 0.6) is 17.2 Å². The van der Waals surface area contributed by atoms with Crippen LogP contribution >= 0.6 is 0 Å². The van der Waals surface area contributed by atoms with Crippen molar-refractivity contribution in [1.82, 2.24) is 0 Å². The van der Waals surface area contributed by atoms with Crippen molar-refractivity contribution in [3.63, 3.8) is 0 Å². The molecule has 0 saturated heterocycles. The molecule has 0 atom stereocenters. The first-order valence-electron chi connectivity index (χ1n) is 10.5. The Morgan fingerprint density at radius 1 is 1.00 bits per heavy atom. The van der Waals surface area contributed by atoms with Crippen LogP contribution in [0, 0.1) is 0 Å². The van der Waals surface area contributed by atoms with E-state index < -0.39 is 5.63 Å². The van der Waals surface area contributed by atoms with Crippen molar-refractivity contribution in [1.29, 1.82) is 0 Å². The Morgan fingerprint density at radius 3 is 2.30 bits per heavy atom. The maximum absolute atomic E-state index is 12.5. The minimum atomic E-state index is -0.556. The minimum Gasteiger partial charge on any atom is -0.489 e. The molecule has 2 aromatic rings. The molecule has 0 aliphatic rings. The lowest BCUT2D eigenvalue weighted by molar-refractivity contribution is 0.193. The number of allylic oxidation sites excluding steroid dienone is 3. The van der Waals surface area contributed by atoms with Crippen LogP contribution < -0.4 is 19.8 Å². The summed E-state index contributed by atoms with van der Waals surface area (Å²) in [4.78, 5) is 12.5. The van der Waals surface area contributed by atoms with Gasteiger partial charge in [0.15, 0.2) is 5.75 Å². The van der Waals surface area contributed by atoms with Crippen LogP contribution in [0.2, 0.25) is 0 Å². The largest absolute Gasteiger partial charge is 0.489 e. The molecule has 0 saturated carbocycles. The third-order valence-electron chi connectivity index (χ3n) is 4.27. The summed E-state index contributed by atoms with van der Waals surface area (Å²) in [5.41, 5.74) is 2.47. The highest BCUT2D eigenvalue weighted by molar-refractivity contribution is 5.86. The Labute approximate surface area is 179 Å². The van der Waals surface area contributed by atoms with Crippen LogP contribution in [0.25, 0.3) is 11.0 Å². The van der Waals surface area contributed by atoms with Gasteiger partial charge in [-0.25, -0.2) is 4.79 Å². The van der Waals surface area contributed by atoms with Crippen LogP contribution in [0.3, 0.4) is 0 Å². The molecule has 0 aliphatic carbocycles. The molecule has 1 aromatic carbocycles. The Balaban J connectivity index is 2.23. The van der Waals surface area contributed by atoms with Gasteiger partial charge in [-0.1, -0.05) is 17.2 Å². The molecule has 1 aromatic heterocycles. The van der Waals surface area contributed by atoms with Gasteiger partial charge in [0.2, 0.25) is 5.75 Å². The van der Waals surface area contributed by atoms with Gasteiger partial charge in [-0.3, -0.25) is 0 Å². The molecule has 0 amide bonds. The maximum Gasteiger partial charge on any atom is 0.383 e. The molecular weight excluding hydrogens is 380 g/mol. The van der Waals surface area contributed by atoms with Gasteiger partial charge < -0.3 is 18.6 Å². The van der Waals surface area contributed by atoms with Crippen molar-refractivity contribution in [2.45, 2.75) is 73.5 Å². The molecule has 0 spiro atoms. The fourth-order valence-electron chi connectivity index (χ4n) is 2.89. The first-order chi connectivity index (χ1) is 14.2. The lowest BCUT2D eigenvalue weighted by Gasteiger charge is -2.17. The summed E-state index contributed by atoms with van der Waals surface area (Å²) in [6.07, 6.45) is 6.07. The van der Waals surface area contributed by atoms with E-state index in [1.165, 1.54) is 11.1 Å². The molecule has 2 rings (SSSR count).